The Balaban J connectivity index is 1.81. The van der Waals surface area contributed by atoms with E-state index >= 15 is 0 Å². The van der Waals surface area contributed by atoms with E-state index in [2.05, 4.69) is 10.6 Å². The van der Waals surface area contributed by atoms with E-state index in [1.165, 1.54) is 0 Å². The number of rotatable bonds is 4. The van der Waals surface area contributed by atoms with E-state index in [9.17, 15) is 0 Å². The van der Waals surface area contributed by atoms with Crippen LogP contribution in [-0.2, 0) is 9.47 Å². The molecule has 1 unspecified atom stereocenters. The number of methoxy groups -OCH3 is 1. The number of nitrogens with one attached hydrogen (secondary N) is 2. The van der Waals surface area contributed by atoms with Crippen molar-refractivity contribution in [2.45, 2.75) is 12.0 Å². The second-order valence-corrected chi connectivity index (χ2v) is 4.77. The highest BCUT2D eigenvalue weighted by atomic mass is 32.1. The minimum absolute atomic E-state index is 0.248. The van der Waals surface area contributed by atoms with Gasteiger partial charge in [0.2, 0.25) is 0 Å². The van der Waals surface area contributed by atoms with E-state index < -0.39 is 0 Å². The van der Waals surface area contributed by atoms with Crippen molar-refractivity contribution < 1.29 is 9.47 Å². The Morgan fingerprint density at radius 1 is 1.44 bits per heavy atom. The van der Waals surface area contributed by atoms with Crippen molar-refractivity contribution in [3.05, 3.63) is 30.3 Å². The first kappa shape index (κ1) is 13.3. The fourth-order valence-electron chi connectivity index (χ4n) is 1.90. The molecule has 1 aromatic carbocycles. The summed E-state index contributed by atoms with van der Waals surface area (Å²) in [6.07, 6.45) is 0.893. The first-order valence-electron chi connectivity index (χ1n) is 5.97. The lowest BCUT2D eigenvalue weighted by Crippen LogP contribution is -2.46. The molecule has 1 saturated heterocycles. The monoisotopic (exact) mass is 266 g/mol. The second-order valence-electron chi connectivity index (χ2n) is 4.36. The maximum absolute atomic E-state index is 5.52. The van der Waals surface area contributed by atoms with E-state index in [0.29, 0.717) is 18.3 Å². The summed E-state index contributed by atoms with van der Waals surface area (Å²) in [5.74, 6) is 0. The predicted octanol–water partition coefficient (Wildman–Crippen LogP) is 1.78. The molecule has 18 heavy (non-hydrogen) atoms. The Bertz CT molecular complexity index is 391. The van der Waals surface area contributed by atoms with Gasteiger partial charge in [-0.1, -0.05) is 18.2 Å². The molecule has 1 atom stereocenters. The zero-order valence-corrected chi connectivity index (χ0v) is 11.3. The van der Waals surface area contributed by atoms with Crippen molar-refractivity contribution in [1.82, 2.24) is 5.32 Å². The highest BCUT2D eigenvalue weighted by molar-refractivity contribution is 7.80. The molecule has 0 saturated carbocycles. The standard InChI is InChI=1S/C13H18N2O2S/c1-16-13(7-8-17-10-13)9-14-12(18)15-11-5-3-2-4-6-11/h2-6H,7-10H2,1H3,(H2,14,15,18). The molecule has 0 bridgehead atoms. The summed E-state index contributed by atoms with van der Waals surface area (Å²) in [5.41, 5.74) is 0.728. The molecule has 4 nitrogen and oxygen atoms in total. The Morgan fingerprint density at radius 3 is 2.83 bits per heavy atom. The Hall–Kier alpha value is -1.17. The van der Waals surface area contributed by atoms with Crippen LogP contribution in [0.3, 0.4) is 0 Å². The van der Waals surface area contributed by atoms with Gasteiger partial charge in [-0.05, 0) is 24.4 Å². The second kappa shape index (κ2) is 6.13. The SMILES string of the molecule is COC1(CNC(=S)Nc2ccccc2)CCOC1. The van der Waals surface area contributed by atoms with Gasteiger partial charge in [0.05, 0.1) is 6.61 Å². The van der Waals surface area contributed by atoms with Gasteiger partial charge >= 0.3 is 0 Å². The molecule has 2 N–H and O–H groups in total. The van der Waals surface area contributed by atoms with Crippen molar-refractivity contribution in [3.8, 4) is 0 Å². The molecule has 0 aromatic heterocycles. The average molecular weight is 266 g/mol. The van der Waals surface area contributed by atoms with Crippen LogP contribution >= 0.6 is 12.2 Å². The summed E-state index contributed by atoms with van der Waals surface area (Å²) in [6, 6.07) is 9.84. The smallest absolute Gasteiger partial charge is 0.170 e. The van der Waals surface area contributed by atoms with Crippen LogP contribution in [0.15, 0.2) is 30.3 Å². The molecule has 1 fully saturated rings. The van der Waals surface area contributed by atoms with Crippen molar-refractivity contribution in [3.63, 3.8) is 0 Å². The molecule has 0 spiro atoms. The van der Waals surface area contributed by atoms with Crippen LogP contribution in [0, 0.1) is 0 Å². The van der Waals surface area contributed by atoms with Crippen LogP contribution in [0.5, 0.6) is 0 Å². The number of hydrogen-bond donors (Lipinski definition) is 2. The van der Waals surface area contributed by atoms with E-state index in [-0.39, 0.29) is 5.60 Å². The van der Waals surface area contributed by atoms with Crippen LogP contribution in [-0.4, -0.2) is 37.6 Å². The lowest BCUT2D eigenvalue weighted by molar-refractivity contribution is -0.0125. The number of benzene rings is 1. The minimum Gasteiger partial charge on any atom is -0.378 e. The summed E-state index contributed by atoms with van der Waals surface area (Å²) < 4.78 is 10.9. The van der Waals surface area contributed by atoms with Crippen LogP contribution in [0.1, 0.15) is 6.42 Å². The predicted molar refractivity (Wildman–Crippen MR) is 75.8 cm³/mol. The molecule has 2 rings (SSSR count). The normalized spacial score (nSPS) is 22.7. The zero-order valence-electron chi connectivity index (χ0n) is 10.4. The van der Waals surface area contributed by atoms with Gasteiger partial charge in [0.25, 0.3) is 0 Å². The van der Waals surface area contributed by atoms with Gasteiger partial charge in [0.1, 0.15) is 5.60 Å². The van der Waals surface area contributed by atoms with Gasteiger partial charge in [-0.3, -0.25) is 0 Å². The molecule has 1 aromatic rings. The van der Waals surface area contributed by atoms with Gasteiger partial charge in [0.15, 0.2) is 5.11 Å². The van der Waals surface area contributed by atoms with Crippen LogP contribution in [0.2, 0.25) is 0 Å². The minimum atomic E-state index is -0.248. The largest absolute Gasteiger partial charge is 0.378 e. The number of anilines is 1. The number of hydrogen-bond acceptors (Lipinski definition) is 3. The number of thiocarbonyl (C=S) groups is 1. The van der Waals surface area contributed by atoms with Crippen molar-refractivity contribution in [2.24, 2.45) is 0 Å². The maximum atomic E-state index is 5.52. The fourth-order valence-corrected chi connectivity index (χ4v) is 2.09. The fraction of sp³-hybridized carbons (Fsp3) is 0.462. The molecule has 1 aliphatic heterocycles. The summed E-state index contributed by atoms with van der Waals surface area (Å²) >= 11 is 5.25. The highest BCUT2D eigenvalue weighted by Crippen LogP contribution is 2.21. The van der Waals surface area contributed by atoms with Gasteiger partial charge in [-0.15, -0.1) is 0 Å². The summed E-state index contributed by atoms with van der Waals surface area (Å²) in [4.78, 5) is 0. The van der Waals surface area contributed by atoms with E-state index in [4.69, 9.17) is 21.7 Å². The molecule has 0 amide bonds. The average Bonchev–Trinajstić information content (AvgIpc) is 2.87. The van der Waals surface area contributed by atoms with E-state index in [1.54, 1.807) is 7.11 Å². The van der Waals surface area contributed by atoms with Crippen LogP contribution in [0.4, 0.5) is 5.69 Å². The van der Waals surface area contributed by atoms with Gasteiger partial charge in [0, 0.05) is 32.4 Å². The highest BCUT2D eigenvalue weighted by Gasteiger charge is 2.34. The van der Waals surface area contributed by atoms with Crippen molar-refractivity contribution in [2.75, 3.05) is 32.2 Å². The zero-order chi connectivity index (χ0) is 12.8. The molecular formula is C13H18N2O2S. The van der Waals surface area contributed by atoms with Crippen LogP contribution in [0.25, 0.3) is 0 Å². The molecule has 1 heterocycles. The Kier molecular flexibility index (Phi) is 4.52. The molecule has 98 valence electrons. The van der Waals surface area contributed by atoms with E-state index in [1.807, 2.05) is 30.3 Å². The Morgan fingerprint density at radius 2 is 2.22 bits per heavy atom. The molecule has 0 aliphatic carbocycles. The van der Waals surface area contributed by atoms with Crippen LogP contribution < -0.4 is 10.6 Å². The number of para-hydroxylation sites is 1. The van der Waals surface area contributed by atoms with Gasteiger partial charge < -0.3 is 20.1 Å². The summed E-state index contributed by atoms with van der Waals surface area (Å²) in [5, 5.41) is 6.91. The summed E-state index contributed by atoms with van der Waals surface area (Å²) in [6.45, 7) is 2.01. The third-order valence-corrected chi connectivity index (χ3v) is 3.35. The van der Waals surface area contributed by atoms with Gasteiger partial charge in [-0.2, -0.15) is 0 Å². The van der Waals surface area contributed by atoms with Crippen molar-refractivity contribution >= 4 is 23.0 Å². The lowest BCUT2D eigenvalue weighted by atomic mass is 10.0. The lowest BCUT2D eigenvalue weighted by Gasteiger charge is -2.26. The quantitative estimate of drug-likeness (QED) is 0.813. The molecule has 1 aliphatic rings. The third-order valence-electron chi connectivity index (χ3n) is 3.10. The molecule has 5 heteroatoms. The third kappa shape index (κ3) is 3.41. The summed E-state index contributed by atoms with van der Waals surface area (Å²) in [7, 11) is 1.71. The maximum Gasteiger partial charge on any atom is 0.170 e. The molecule has 0 radical (unpaired) electrons. The van der Waals surface area contributed by atoms with E-state index in [0.717, 1.165) is 18.7 Å². The van der Waals surface area contributed by atoms with Crippen molar-refractivity contribution in [1.29, 1.82) is 0 Å². The first-order valence-corrected chi connectivity index (χ1v) is 6.38. The molecular weight excluding hydrogens is 248 g/mol. The number of ether oxygens (including phenoxy) is 2. The topological polar surface area (TPSA) is 42.5 Å². The first-order chi connectivity index (χ1) is 8.74. The van der Waals surface area contributed by atoms with Gasteiger partial charge in [-0.25, -0.2) is 0 Å². The Labute approximate surface area is 113 Å².